The number of allylic oxidation sites excluding steroid dienone is 17. The number of aliphatic hydroxyl groups excluding tert-OH is 1. The third-order valence-electron chi connectivity index (χ3n) is 7.95. The van der Waals surface area contributed by atoms with Crippen LogP contribution in [0.1, 0.15) is 86.0 Å². The quantitative estimate of drug-likeness (QED) is 0.0246. The molecule has 48 heavy (non-hydrogen) atoms. The molecular formula is C40H58N4O4. The fraction of sp³-hybridized carbons (Fsp3) is 0.450. The molecule has 0 spiro atoms. The molecule has 0 saturated carbocycles. The number of amides is 1. The lowest BCUT2D eigenvalue weighted by molar-refractivity contribution is -0.120. The summed E-state index contributed by atoms with van der Waals surface area (Å²) in [6.07, 6.45) is 34.0. The molecule has 5 N–H and O–H groups in total. The van der Waals surface area contributed by atoms with Crippen LogP contribution in [0.25, 0.3) is 0 Å². The number of aliphatic hydroxyl groups is 1. The van der Waals surface area contributed by atoms with Crippen molar-refractivity contribution < 1.29 is 19.5 Å². The van der Waals surface area contributed by atoms with Gasteiger partial charge in [0.15, 0.2) is 17.5 Å². The van der Waals surface area contributed by atoms with Gasteiger partial charge in [0.25, 0.3) is 5.91 Å². The SMILES string of the molecule is C\C(=C/C=C/C=C/C=C/C=C/C(C)C(=O)/C(C)=C/C(C)CCC/C=C/C(C)C/C=C/CCCN(C)C(=N)N)C(=O)NC1=C(O)CCC1=O. The van der Waals surface area contributed by atoms with Gasteiger partial charge in [0.05, 0.1) is 0 Å². The van der Waals surface area contributed by atoms with Crippen LogP contribution in [-0.2, 0) is 14.4 Å². The molecule has 1 amide bonds. The number of nitrogens with zero attached hydrogens (tertiary/aromatic N) is 1. The molecule has 8 nitrogen and oxygen atoms in total. The highest BCUT2D eigenvalue weighted by Gasteiger charge is 2.24. The van der Waals surface area contributed by atoms with Crippen LogP contribution < -0.4 is 11.1 Å². The maximum Gasteiger partial charge on any atom is 0.251 e. The molecule has 0 aliphatic heterocycles. The van der Waals surface area contributed by atoms with Gasteiger partial charge in [0.2, 0.25) is 0 Å². The van der Waals surface area contributed by atoms with Crippen molar-refractivity contribution in [3.8, 4) is 0 Å². The van der Waals surface area contributed by atoms with E-state index in [4.69, 9.17) is 11.1 Å². The summed E-state index contributed by atoms with van der Waals surface area (Å²) in [5.74, 6) is 0.129. The van der Waals surface area contributed by atoms with E-state index in [0.29, 0.717) is 17.4 Å². The third-order valence-corrected chi connectivity index (χ3v) is 7.95. The molecule has 0 saturated heterocycles. The van der Waals surface area contributed by atoms with E-state index in [2.05, 4.69) is 49.5 Å². The highest BCUT2D eigenvalue weighted by atomic mass is 16.3. The molecule has 1 rings (SSSR count). The summed E-state index contributed by atoms with van der Waals surface area (Å²) in [5.41, 5.74) is 6.66. The minimum atomic E-state index is -0.424. The Hall–Kier alpha value is -4.46. The minimum absolute atomic E-state index is 0.00326. The smallest absolute Gasteiger partial charge is 0.251 e. The molecule has 0 bridgehead atoms. The summed E-state index contributed by atoms with van der Waals surface area (Å²) in [7, 11) is 1.84. The number of nitrogens with one attached hydrogen (secondary N) is 2. The Labute approximate surface area is 288 Å². The van der Waals surface area contributed by atoms with E-state index >= 15 is 0 Å². The van der Waals surface area contributed by atoms with E-state index in [-0.39, 0.29) is 47.7 Å². The van der Waals surface area contributed by atoms with Gasteiger partial charge in [-0.25, -0.2) is 0 Å². The Bertz CT molecular complexity index is 1360. The van der Waals surface area contributed by atoms with Crippen LogP contribution in [0.4, 0.5) is 0 Å². The fourth-order valence-corrected chi connectivity index (χ4v) is 4.82. The van der Waals surface area contributed by atoms with Crippen LogP contribution >= 0.6 is 0 Å². The summed E-state index contributed by atoms with van der Waals surface area (Å²) in [6.45, 7) is 10.6. The summed E-state index contributed by atoms with van der Waals surface area (Å²) in [6, 6.07) is 0. The topological polar surface area (TPSA) is 137 Å². The number of ketones is 2. The maximum absolute atomic E-state index is 12.8. The molecular weight excluding hydrogens is 600 g/mol. The second-order valence-corrected chi connectivity index (χ2v) is 12.6. The van der Waals surface area contributed by atoms with Gasteiger partial charge in [-0.1, -0.05) is 106 Å². The first-order chi connectivity index (χ1) is 22.8. The average molecular weight is 659 g/mol. The van der Waals surface area contributed by atoms with Crippen molar-refractivity contribution in [2.45, 2.75) is 86.0 Å². The third kappa shape index (κ3) is 18.0. The van der Waals surface area contributed by atoms with Gasteiger partial charge in [0.1, 0.15) is 11.5 Å². The van der Waals surface area contributed by atoms with Crippen molar-refractivity contribution in [2.24, 2.45) is 23.5 Å². The van der Waals surface area contributed by atoms with Crippen molar-refractivity contribution >= 4 is 23.4 Å². The van der Waals surface area contributed by atoms with E-state index in [0.717, 1.165) is 50.6 Å². The van der Waals surface area contributed by atoms with Crippen molar-refractivity contribution in [3.05, 3.63) is 108 Å². The largest absolute Gasteiger partial charge is 0.510 e. The van der Waals surface area contributed by atoms with Crippen LogP contribution in [0, 0.1) is 23.2 Å². The number of hydrogen-bond donors (Lipinski definition) is 4. The lowest BCUT2D eigenvalue weighted by atomic mass is 9.94. The Balaban J connectivity index is 2.33. The zero-order valence-corrected chi connectivity index (χ0v) is 29.9. The van der Waals surface area contributed by atoms with Gasteiger partial charge in [-0.3, -0.25) is 19.8 Å². The predicted molar refractivity (Wildman–Crippen MR) is 199 cm³/mol. The van der Waals surface area contributed by atoms with Crippen LogP contribution in [0.15, 0.2) is 108 Å². The highest BCUT2D eigenvalue weighted by molar-refractivity contribution is 6.04. The first-order valence-corrected chi connectivity index (χ1v) is 17.0. The fourth-order valence-electron chi connectivity index (χ4n) is 4.82. The number of Topliss-reactive ketones (excluding diaryl/α,β-unsaturated/α-hetero) is 2. The van der Waals surface area contributed by atoms with Gasteiger partial charge >= 0.3 is 0 Å². The van der Waals surface area contributed by atoms with Gasteiger partial charge < -0.3 is 21.1 Å². The second kappa shape index (κ2) is 23.8. The average Bonchev–Trinajstić information content (AvgIpc) is 3.36. The molecule has 0 heterocycles. The Morgan fingerprint density at radius 2 is 1.54 bits per heavy atom. The van der Waals surface area contributed by atoms with Crippen LogP contribution in [0.2, 0.25) is 0 Å². The summed E-state index contributed by atoms with van der Waals surface area (Å²) < 4.78 is 0. The Morgan fingerprint density at radius 3 is 2.19 bits per heavy atom. The molecule has 3 unspecified atom stereocenters. The lowest BCUT2D eigenvalue weighted by Gasteiger charge is -2.15. The molecule has 0 radical (unpaired) electrons. The van der Waals surface area contributed by atoms with Crippen molar-refractivity contribution in [1.29, 1.82) is 5.41 Å². The molecule has 8 heteroatoms. The van der Waals surface area contributed by atoms with Crippen molar-refractivity contribution in [3.63, 3.8) is 0 Å². The molecule has 3 atom stereocenters. The van der Waals surface area contributed by atoms with E-state index in [9.17, 15) is 19.5 Å². The van der Waals surface area contributed by atoms with E-state index in [1.165, 1.54) is 0 Å². The zero-order valence-electron chi connectivity index (χ0n) is 29.9. The number of guanidine groups is 1. The lowest BCUT2D eigenvalue weighted by Crippen LogP contribution is -2.33. The van der Waals surface area contributed by atoms with Crippen LogP contribution in [0.5, 0.6) is 0 Å². The normalized spacial score (nSPS) is 16.8. The van der Waals surface area contributed by atoms with Crippen molar-refractivity contribution in [1.82, 2.24) is 10.2 Å². The highest BCUT2D eigenvalue weighted by Crippen LogP contribution is 2.19. The number of carbonyl (C=O) groups excluding carboxylic acids is 3. The molecule has 1 aliphatic carbocycles. The summed E-state index contributed by atoms with van der Waals surface area (Å²) in [4.78, 5) is 38.5. The van der Waals surface area contributed by atoms with Gasteiger partial charge in [-0.15, -0.1) is 0 Å². The number of nitrogens with two attached hydrogens (primary N) is 1. The predicted octanol–water partition coefficient (Wildman–Crippen LogP) is 8.11. The molecule has 0 fully saturated rings. The summed E-state index contributed by atoms with van der Waals surface area (Å²) in [5, 5.41) is 19.6. The van der Waals surface area contributed by atoms with Gasteiger partial charge in [-0.05, 0) is 69.8 Å². The standard InChI is InChI=1S/C40H58N4O4/c1-30(21-15-12-13-20-28-44(6)40(41)42)22-16-14-17-23-31(2)29-34(5)38(47)32(3)24-18-10-8-7-9-11-19-25-33(4)39(48)43-37-35(45)26-27-36(37)46/h7-12,15-16,18-19,22,24-25,29-32,45H,13-14,17,20-21,23,26-28H2,1-6H3,(H3,41,42)(H,43,48)/b9-7+,10-8+,15-12+,19-11+,22-16+,24-18+,33-25+,34-29+. The monoisotopic (exact) mass is 658 g/mol. The molecule has 262 valence electrons. The van der Waals surface area contributed by atoms with E-state index in [1.54, 1.807) is 30.1 Å². The van der Waals surface area contributed by atoms with E-state index in [1.807, 2.05) is 57.4 Å². The number of rotatable bonds is 21. The maximum atomic E-state index is 12.8. The molecule has 0 aromatic carbocycles. The number of unbranched alkanes of at least 4 members (excludes halogenated alkanes) is 2. The molecule has 1 aliphatic rings. The molecule has 0 aromatic heterocycles. The number of carbonyl (C=O) groups is 3. The second-order valence-electron chi connectivity index (χ2n) is 12.6. The van der Waals surface area contributed by atoms with E-state index < -0.39 is 5.91 Å². The number of hydrogen-bond acceptors (Lipinski definition) is 5. The Morgan fingerprint density at radius 1 is 0.896 bits per heavy atom. The first-order valence-electron chi connectivity index (χ1n) is 17.0. The minimum Gasteiger partial charge on any atom is -0.510 e. The van der Waals surface area contributed by atoms with Crippen LogP contribution in [0.3, 0.4) is 0 Å². The van der Waals surface area contributed by atoms with Gasteiger partial charge in [0, 0.05) is 37.9 Å². The van der Waals surface area contributed by atoms with Crippen LogP contribution in [-0.4, -0.2) is 47.0 Å². The first kappa shape index (κ1) is 41.6. The summed E-state index contributed by atoms with van der Waals surface area (Å²) >= 11 is 0. The Kier molecular flexibility index (Phi) is 20.6. The van der Waals surface area contributed by atoms with Crippen molar-refractivity contribution in [2.75, 3.05) is 13.6 Å². The van der Waals surface area contributed by atoms with Gasteiger partial charge in [-0.2, -0.15) is 0 Å². The molecule has 0 aromatic rings. The zero-order chi connectivity index (χ0) is 35.9.